The number of sulfonamides is 1. The normalized spacial score (nSPS) is 12.8. The van der Waals surface area contributed by atoms with Gasteiger partial charge >= 0.3 is 0 Å². The molecule has 0 aliphatic rings. The topological polar surface area (TPSA) is 105 Å². The van der Waals surface area contributed by atoms with Gasteiger partial charge in [0.05, 0.1) is 31.2 Å². The summed E-state index contributed by atoms with van der Waals surface area (Å²) in [5.74, 6) is 0.618. The third-order valence-electron chi connectivity index (χ3n) is 6.26. The number of hydrogen-bond acceptors (Lipinski definition) is 6. The third-order valence-corrected chi connectivity index (χ3v) is 7.75. The molecular weight excluding hydrogens is 530 g/mol. The predicted octanol–water partition coefficient (Wildman–Crippen LogP) is 4.24. The van der Waals surface area contributed by atoms with Crippen LogP contribution in [0.15, 0.2) is 42.5 Å². The second-order valence-electron chi connectivity index (χ2n) is 9.12. The van der Waals surface area contributed by atoms with Crippen LogP contribution in [0.1, 0.15) is 45.6 Å². The first-order chi connectivity index (χ1) is 17.9. The molecule has 0 saturated carbocycles. The van der Waals surface area contributed by atoms with Gasteiger partial charge in [0.1, 0.15) is 17.5 Å². The number of nitrogens with one attached hydrogen (secondary N) is 1. The van der Waals surface area contributed by atoms with E-state index in [0.29, 0.717) is 17.2 Å². The molecule has 2 amide bonds. The Hall–Kier alpha value is -2.98. The van der Waals surface area contributed by atoms with Crippen LogP contribution in [0, 0.1) is 0 Å². The highest BCUT2D eigenvalue weighted by atomic mass is 35.5. The smallest absolute Gasteiger partial charge is 0.242 e. The number of amides is 2. The SMILES string of the molecule is CC[C@H](C)NC(=O)[C@H](C)N(Cc1ccc(OC)cc1)C(=O)CCCN(c1ccc(OC)c(Cl)c1)S(C)(=O)=O. The zero-order valence-electron chi connectivity index (χ0n) is 22.9. The van der Waals surface area contributed by atoms with Gasteiger partial charge in [0, 0.05) is 25.6 Å². The van der Waals surface area contributed by atoms with Crippen LogP contribution in [0.3, 0.4) is 0 Å². The maximum absolute atomic E-state index is 13.4. The predicted molar refractivity (Wildman–Crippen MR) is 150 cm³/mol. The third kappa shape index (κ3) is 8.80. The van der Waals surface area contributed by atoms with E-state index in [2.05, 4.69) is 5.32 Å². The molecular formula is C27H38ClN3O6S. The van der Waals surface area contributed by atoms with E-state index in [0.717, 1.165) is 18.2 Å². The van der Waals surface area contributed by atoms with Gasteiger partial charge in [-0.25, -0.2) is 8.42 Å². The Labute approximate surface area is 231 Å². The molecule has 0 fully saturated rings. The van der Waals surface area contributed by atoms with E-state index < -0.39 is 16.1 Å². The molecule has 0 heterocycles. The van der Waals surface area contributed by atoms with Crippen molar-refractivity contribution < 1.29 is 27.5 Å². The molecule has 2 aromatic carbocycles. The molecule has 0 aliphatic carbocycles. The van der Waals surface area contributed by atoms with Crippen LogP contribution in [0.2, 0.25) is 5.02 Å². The monoisotopic (exact) mass is 567 g/mol. The van der Waals surface area contributed by atoms with E-state index in [-0.39, 0.29) is 48.8 Å². The number of nitrogens with zero attached hydrogens (tertiary/aromatic N) is 2. The Morgan fingerprint density at radius 3 is 2.24 bits per heavy atom. The fraction of sp³-hybridized carbons (Fsp3) is 0.481. The highest BCUT2D eigenvalue weighted by molar-refractivity contribution is 7.92. The lowest BCUT2D eigenvalue weighted by Crippen LogP contribution is -2.49. The van der Waals surface area contributed by atoms with Gasteiger partial charge in [-0.1, -0.05) is 30.7 Å². The minimum absolute atomic E-state index is 0.0254. The summed E-state index contributed by atoms with van der Waals surface area (Å²) in [6.45, 7) is 5.87. The fourth-order valence-corrected chi connectivity index (χ4v) is 5.00. The lowest BCUT2D eigenvalue weighted by atomic mass is 10.1. The minimum atomic E-state index is -3.64. The van der Waals surface area contributed by atoms with Crippen molar-refractivity contribution in [1.29, 1.82) is 0 Å². The summed E-state index contributed by atoms with van der Waals surface area (Å²) in [7, 11) is -0.591. The Morgan fingerprint density at radius 2 is 1.71 bits per heavy atom. The van der Waals surface area contributed by atoms with Crippen molar-refractivity contribution in [2.45, 2.75) is 58.7 Å². The van der Waals surface area contributed by atoms with Crippen LogP contribution in [0.4, 0.5) is 5.69 Å². The molecule has 1 N–H and O–H groups in total. The van der Waals surface area contributed by atoms with Crippen LogP contribution in [-0.2, 0) is 26.2 Å². The molecule has 210 valence electrons. The van der Waals surface area contributed by atoms with Gasteiger partial charge < -0.3 is 19.7 Å². The second kappa shape index (κ2) is 14.2. The summed E-state index contributed by atoms with van der Waals surface area (Å²) in [6.07, 6.45) is 2.16. The quantitative estimate of drug-likeness (QED) is 0.366. The van der Waals surface area contributed by atoms with E-state index in [1.54, 1.807) is 38.3 Å². The number of halogens is 1. The van der Waals surface area contributed by atoms with Gasteiger partial charge in [-0.2, -0.15) is 0 Å². The van der Waals surface area contributed by atoms with Gasteiger partial charge in [-0.05, 0) is 62.6 Å². The number of carbonyl (C=O) groups excluding carboxylic acids is 2. The first kappa shape index (κ1) is 31.2. The molecule has 0 unspecified atom stereocenters. The first-order valence-corrected chi connectivity index (χ1v) is 14.7. The van der Waals surface area contributed by atoms with Crippen molar-refractivity contribution in [2.24, 2.45) is 0 Å². The Morgan fingerprint density at radius 1 is 1.05 bits per heavy atom. The summed E-state index contributed by atoms with van der Waals surface area (Å²) in [4.78, 5) is 27.8. The number of hydrogen-bond donors (Lipinski definition) is 1. The van der Waals surface area contributed by atoms with Gasteiger partial charge in [0.25, 0.3) is 0 Å². The second-order valence-corrected chi connectivity index (χ2v) is 11.4. The molecule has 2 rings (SSSR count). The molecule has 0 bridgehead atoms. The zero-order chi connectivity index (χ0) is 28.5. The number of anilines is 1. The summed E-state index contributed by atoms with van der Waals surface area (Å²) >= 11 is 6.20. The van der Waals surface area contributed by atoms with Crippen molar-refractivity contribution in [2.75, 3.05) is 31.3 Å². The van der Waals surface area contributed by atoms with Gasteiger partial charge in [-0.3, -0.25) is 13.9 Å². The van der Waals surface area contributed by atoms with Crippen LogP contribution in [-0.4, -0.2) is 64.2 Å². The molecule has 0 saturated heterocycles. The highest BCUT2D eigenvalue weighted by Crippen LogP contribution is 2.30. The lowest BCUT2D eigenvalue weighted by molar-refractivity contribution is -0.140. The summed E-state index contributed by atoms with van der Waals surface area (Å²) in [5.41, 5.74) is 1.22. The van der Waals surface area contributed by atoms with Crippen LogP contribution in [0.5, 0.6) is 11.5 Å². The summed E-state index contributed by atoms with van der Waals surface area (Å²) in [6, 6.07) is 11.2. The van der Waals surface area contributed by atoms with Crippen molar-refractivity contribution in [1.82, 2.24) is 10.2 Å². The van der Waals surface area contributed by atoms with Crippen LogP contribution in [0.25, 0.3) is 0 Å². The maximum Gasteiger partial charge on any atom is 0.242 e. The Balaban J connectivity index is 2.20. The number of ether oxygens (including phenoxy) is 2. The van der Waals surface area contributed by atoms with E-state index in [4.69, 9.17) is 21.1 Å². The van der Waals surface area contributed by atoms with Crippen molar-refractivity contribution in [3.8, 4) is 11.5 Å². The van der Waals surface area contributed by atoms with E-state index in [1.807, 2.05) is 26.0 Å². The number of carbonyl (C=O) groups is 2. The molecule has 9 nitrogen and oxygen atoms in total. The largest absolute Gasteiger partial charge is 0.497 e. The summed E-state index contributed by atoms with van der Waals surface area (Å²) in [5, 5.41) is 3.22. The van der Waals surface area contributed by atoms with Crippen LogP contribution < -0.4 is 19.1 Å². The molecule has 2 atom stereocenters. The number of methoxy groups -OCH3 is 2. The molecule has 38 heavy (non-hydrogen) atoms. The molecule has 0 aromatic heterocycles. The molecule has 0 radical (unpaired) electrons. The highest BCUT2D eigenvalue weighted by Gasteiger charge is 2.27. The van der Waals surface area contributed by atoms with E-state index >= 15 is 0 Å². The molecule has 11 heteroatoms. The average molecular weight is 568 g/mol. The Bertz CT molecular complexity index is 1190. The van der Waals surface area contributed by atoms with Gasteiger partial charge in [0.15, 0.2) is 0 Å². The van der Waals surface area contributed by atoms with Crippen LogP contribution >= 0.6 is 11.6 Å². The maximum atomic E-state index is 13.4. The number of benzene rings is 2. The van der Waals surface area contributed by atoms with Crippen molar-refractivity contribution >= 4 is 39.1 Å². The van der Waals surface area contributed by atoms with Crippen molar-refractivity contribution in [3.63, 3.8) is 0 Å². The molecule has 2 aromatic rings. The average Bonchev–Trinajstić information content (AvgIpc) is 2.88. The van der Waals surface area contributed by atoms with E-state index in [9.17, 15) is 18.0 Å². The van der Waals surface area contributed by atoms with E-state index in [1.165, 1.54) is 22.4 Å². The summed E-state index contributed by atoms with van der Waals surface area (Å²) < 4.78 is 36.6. The fourth-order valence-electron chi connectivity index (χ4n) is 3.79. The zero-order valence-corrected chi connectivity index (χ0v) is 24.4. The minimum Gasteiger partial charge on any atom is -0.497 e. The Kier molecular flexibility index (Phi) is 11.7. The molecule has 0 aliphatic heterocycles. The number of rotatable bonds is 14. The molecule has 0 spiro atoms. The van der Waals surface area contributed by atoms with Crippen molar-refractivity contribution in [3.05, 3.63) is 53.1 Å². The van der Waals surface area contributed by atoms with Gasteiger partial charge in [0.2, 0.25) is 21.8 Å². The lowest BCUT2D eigenvalue weighted by Gasteiger charge is -2.30. The van der Waals surface area contributed by atoms with Gasteiger partial charge in [-0.15, -0.1) is 0 Å². The first-order valence-electron chi connectivity index (χ1n) is 12.4. The standard InChI is InChI=1S/C27H38ClN3O6S/c1-7-19(2)29-27(33)20(3)30(18-21-10-13-23(36-4)14-11-21)26(32)9-8-16-31(38(6,34)35)22-12-15-25(37-5)24(28)17-22/h10-15,17,19-20H,7-9,16,18H2,1-6H3,(H,29,33)/t19-,20-/m0/s1.